The van der Waals surface area contributed by atoms with Crippen LogP contribution in [0.3, 0.4) is 0 Å². The SMILES string of the molecule is COc1cc(C)c(S(=O)(=O)Nc2ccc3c(c2)N(C(C)=O)CC3)c(C)c1. The third-order valence-electron chi connectivity index (χ3n) is 4.55. The highest BCUT2D eigenvalue weighted by atomic mass is 32.2. The molecule has 1 amide bonds. The molecule has 26 heavy (non-hydrogen) atoms. The Balaban J connectivity index is 1.97. The first-order chi connectivity index (χ1) is 12.2. The predicted octanol–water partition coefficient (Wildman–Crippen LogP) is 3.02. The minimum Gasteiger partial charge on any atom is -0.497 e. The molecule has 1 heterocycles. The van der Waals surface area contributed by atoms with Crippen molar-refractivity contribution >= 4 is 27.3 Å². The van der Waals surface area contributed by atoms with E-state index in [4.69, 9.17) is 4.74 Å². The summed E-state index contributed by atoms with van der Waals surface area (Å²) in [5.74, 6) is 0.569. The smallest absolute Gasteiger partial charge is 0.262 e. The van der Waals surface area contributed by atoms with Gasteiger partial charge in [-0.15, -0.1) is 0 Å². The molecule has 138 valence electrons. The Hall–Kier alpha value is -2.54. The number of hydrogen-bond acceptors (Lipinski definition) is 4. The van der Waals surface area contributed by atoms with Crippen molar-refractivity contribution in [2.75, 3.05) is 23.3 Å². The van der Waals surface area contributed by atoms with Crippen molar-refractivity contribution in [1.29, 1.82) is 0 Å². The molecule has 1 aliphatic heterocycles. The molecule has 3 rings (SSSR count). The number of nitrogens with zero attached hydrogens (tertiary/aromatic N) is 1. The molecular weight excluding hydrogens is 352 g/mol. The second-order valence-electron chi connectivity index (χ2n) is 6.46. The molecule has 0 aliphatic carbocycles. The van der Waals surface area contributed by atoms with Gasteiger partial charge in [0.05, 0.1) is 17.7 Å². The van der Waals surface area contributed by atoms with Gasteiger partial charge in [-0.05, 0) is 61.2 Å². The molecule has 0 saturated carbocycles. The van der Waals surface area contributed by atoms with E-state index in [0.717, 1.165) is 17.7 Å². The molecule has 6 nitrogen and oxygen atoms in total. The van der Waals surface area contributed by atoms with Crippen molar-refractivity contribution in [3.05, 3.63) is 47.0 Å². The summed E-state index contributed by atoms with van der Waals surface area (Å²) in [5.41, 5.74) is 3.47. The maximum absolute atomic E-state index is 12.9. The average Bonchev–Trinajstić information content (AvgIpc) is 2.96. The van der Waals surface area contributed by atoms with E-state index in [-0.39, 0.29) is 10.8 Å². The van der Waals surface area contributed by atoms with Crippen LogP contribution in [-0.2, 0) is 21.2 Å². The largest absolute Gasteiger partial charge is 0.497 e. The normalized spacial score (nSPS) is 13.5. The first kappa shape index (κ1) is 18.3. The summed E-state index contributed by atoms with van der Waals surface area (Å²) >= 11 is 0. The molecule has 0 aromatic heterocycles. The van der Waals surface area contributed by atoms with E-state index in [1.165, 1.54) is 6.92 Å². The highest BCUT2D eigenvalue weighted by Gasteiger charge is 2.25. The fraction of sp³-hybridized carbons (Fsp3) is 0.316. The van der Waals surface area contributed by atoms with Gasteiger partial charge in [0.2, 0.25) is 5.91 Å². The van der Waals surface area contributed by atoms with Crippen LogP contribution >= 0.6 is 0 Å². The lowest BCUT2D eigenvalue weighted by molar-refractivity contribution is -0.116. The number of rotatable bonds is 4. The molecule has 2 aromatic rings. The molecule has 7 heteroatoms. The lowest BCUT2D eigenvalue weighted by Crippen LogP contribution is -2.25. The molecule has 0 spiro atoms. The van der Waals surface area contributed by atoms with Crippen molar-refractivity contribution < 1.29 is 17.9 Å². The fourth-order valence-electron chi connectivity index (χ4n) is 3.43. The summed E-state index contributed by atoms with van der Waals surface area (Å²) < 4.78 is 33.7. The highest BCUT2D eigenvalue weighted by Crippen LogP contribution is 2.33. The summed E-state index contributed by atoms with van der Waals surface area (Å²) in [5, 5.41) is 0. The Morgan fingerprint density at radius 3 is 2.38 bits per heavy atom. The Labute approximate surface area is 153 Å². The van der Waals surface area contributed by atoms with Crippen LogP contribution in [0.1, 0.15) is 23.6 Å². The zero-order valence-electron chi connectivity index (χ0n) is 15.3. The van der Waals surface area contributed by atoms with Gasteiger partial charge < -0.3 is 9.64 Å². The quantitative estimate of drug-likeness (QED) is 0.893. The zero-order chi connectivity index (χ0) is 19.1. The van der Waals surface area contributed by atoms with Gasteiger partial charge in [-0.1, -0.05) is 6.07 Å². The summed E-state index contributed by atoms with van der Waals surface area (Å²) in [6.45, 7) is 5.61. The van der Waals surface area contributed by atoms with Crippen LogP contribution in [0.4, 0.5) is 11.4 Å². The first-order valence-electron chi connectivity index (χ1n) is 8.32. The molecule has 1 N–H and O–H groups in total. The lowest BCUT2D eigenvalue weighted by Gasteiger charge is -2.17. The van der Waals surface area contributed by atoms with Crippen molar-refractivity contribution in [2.45, 2.75) is 32.1 Å². The number of fused-ring (bicyclic) bond motifs is 1. The van der Waals surface area contributed by atoms with Crippen LogP contribution in [0.25, 0.3) is 0 Å². The first-order valence-corrected chi connectivity index (χ1v) is 9.80. The molecule has 0 bridgehead atoms. The summed E-state index contributed by atoms with van der Waals surface area (Å²) in [4.78, 5) is 13.7. The van der Waals surface area contributed by atoms with E-state index in [2.05, 4.69) is 4.72 Å². The van der Waals surface area contributed by atoms with Crippen LogP contribution in [0, 0.1) is 13.8 Å². The third-order valence-corrected chi connectivity index (χ3v) is 6.24. The number of carbonyl (C=O) groups excluding carboxylic acids is 1. The molecular formula is C19H22N2O4S. The number of benzene rings is 2. The zero-order valence-corrected chi connectivity index (χ0v) is 16.1. The molecule has 1 aliphatic rings. The minimum absolute atomic E-state index is 0.0504. The Bertz CT molecular complexity index is 960. The number of amides is 1. The van der Waals surface area contributed by atoms with E-state index < -0.39 is 10.0 Å². The van der Waals surface area contributed by atoms with Gasteiger partial charge in [-0.3, -0.25) is 9.52 Å². The predicted molar refractivity (Wildman–Crippen MR) is 101 cm³/mol. The number of methoxy groups -OCH3 is 1. The number of hydrogen-bond donors (Lipinski definition) is 1. The van der Waals surface area contributed by atoms with Gasteiger partial charge in [0.15, 0.2) is 0 Å². The van der Waals surface area contributed by atoms with E-state index >= 15 is 0 Å². The summed E-state index contributed by atoms with van der Waals surface area (Å²) in [6.07, 6.45) is 0.776. The molecule has 2 aromatic carbocycles. The van der Waals surface area contributed by atoms with Gasteiger partial charge in [0.25, 0.3) is 10.0 Å². The molecule has 0 fully saturated rings. The monoisotopic (exact) mass is 374 g/mol. The van der Waals surface area contributed by atoms with Gasteiger partial charge in [-0.25, -0.2) is 8.42 Å². The van der Waals surface area contributed by atoms with Crippen molar-refractivity contribution in [2.24, 2.45) is 0 Å². The average molecular weight is 374 g/mol. The van der Waals surface area contributed by atoms with Crippen LogP contribution < -0.4 is 14.4 Å². The number of ether oxygens (including phenoxy) is 1. The van der Waals surface area contributed by atoms with Crippen molar-refractivity contribution in [3.8, 4) is 5.75 Å². The van der Waals surface area contributed by atoms with Crippen molar-refractivity contribution in [3.63, 3.8) is 0 Å². The van der Waals surface area contributed by atoms with E-state index in [0.29, 0.717) is 29.1 Å². The highest BCUT2D eigenvalue weighted by molar-refractivity contribution is 7.92. The molecule has 0 saturated heterocycles. The Morgan fingerprint density at radius 2 is 1.81 bits per heavy atom. The lowest BCUT2D eigenvalue weighted by atomic mass is 10.1. The van der Waals surface area contributed by atoms with E-state index in [1.54, 1.807) is 50.1 Å². The second-order valence-corrected chi connectivity index (χ2v) is 8.08. The Kier molecular flexibility index (Phi) is 4.66. The number of carbonyl (C=O) groups is 1. The minimum atomic E-state index is -3.76. The summed E-state index contributed by atoms with van der Waals surface area (Å²) in [7, 11) is -2.22. The fourth-order valence-corrected chi connectivity index (χ4v) is 4.93. The molecule has 0 radical (unpaired) electrons. The van der Waals surface area contributed by atoms with Gasteiger partial charge in [0.1, 0.15) is 5.75 Å². The van der Waals surface area contributed by atoms with Crippen LogP contribution in [-0.4, -0.2) is 28.0 Å². The number of anilines is 2. The van der Waals surface area contributed by atoms with E-state index in [1.807, 2.05) is 6.07 Å². The number of aryl methyl sites for hydroxylation is 2. The maximum Gasteiger partial charge on any atom is 0.262 e. The standard InChI is InChI=1S/C19H22N2O4S/c1-12-9-17(25-4)10-13(2)19(12)26(23,24)20-16-6-5-15-7-8-21(14(3)22)18(15)11-16/h5-6,9-11,20H,7-8H2,1-4H3. The second kappa shape index (κ2) is 6.64. The van der Waals surface area contributed by atoms with Gasteiger partial charge >= 0.3 is 0 Å². The van der Waals surface area contributed by atoms with Crippen LogP contribution in [0.2, 0.25) is 0 Å². The Morgan fingerprint density at radius 1 is 1.15 bits per heavy atom. The topological polar surface area (TPSA) is 75.7 Å². The third kappa shape index (κ3) is 3.26. The number of nitrogens with one attached hydrogen (secondary N) is 1. The van der Waals surface area contributed by atoms with Crippen LogP contribution in [0.15, 0.2) is 35.2 Å². The van der Waals surface area contributed by atoms with E-state index in [9.17, 15) is 13.2 Å². The van der Waals surface area contributed by atoms with Gasteiger partial charge in [0, 0.05) is 19.2 Å². The van der Waals surface area contributed by atoms with Crippen LogP contribution in [0.5, 0.6) is 5.75 Å². The molecule has 0 atom stereocenters. The number of sulfonamides is 1. The van der Waals surface area contributed by atoms with Crippen molar-refractivity contribution in [1.82, 2.24) is 0 Å². The summed E-state index contributed by atoms with van der Waals surface area (Å²) in [6, 6.07) is 8.71. The molecule has 0 unspecified atom stereocenters. The maximum atomic E-state index is 12.9. The van der Waals surface area contributed by atoms with Gasteiger partial charge in [-0.2, -0.15) is 0 Å².